The summed E-state index contributed by atoms with van der Waals surface area (Å²) in [4.78, 5) is 12.9. The lowest BCUT2D eigenvalue weighted by molar-refractivity contribution is 0.0521. The monoisotopic (exact) mass is 298 g/mol. The van der Waals surface area contributed by atoms with Crippen molar-refractivity contribution in [1.29, 1.82) is 0 Å². The Morgan fingerprint density at radius 3 is 2.65 bits per heavy atom. The molecule has 0 fully saturated rings. The van der Waals surface area contributed by atoms with E-state index in [1.807, 2.05) is 20.8 Å². The van der Waals surface area contributed by atoms with E-state index in [0.717, 1.165) is 6.42 Å². The SMILES string of the molecule is CCC(CNC(=O)OC(C)(C)C)NC(C)c1cccs1. The van der Waals surface area contributed by atoms with Crippen LogP contribution < -0.4 is 10.6 Å². The van der Waals surface area contributed by atoms with Crippen LogP contribution in [0.1, 0.15) is 52.0 Å². The van der Waals surface area contributed by atoms with E-state index in [0.29, 0.717) is 12.6 Å². The number of carbonyl (C=O) groups is 1. The molecule has 0 aliphatic carbocycles. The maximum atomic E-state index is 11.6. The molecule has 0 aromatic carbocycles. The van der Waals surface area contributed by atoms with Gasteiger partial charge in [-0.05, 0) is 45.6 Å². The molecule has 114 valence electrons. The third kappa shape index (κ3) is 6.39. The zero-order chi connectivity index (χ0) is 15.2. The van der Waals surface area contributed by atoms with E-state index in [2.05, 4.69) is 42.0 Å². The molecule has 1 aromatic rings. The molecule has 0 aliphatic heterocycles. The molecule has 5 heteroatoms. The first-order chi connectivity index (χ1) is 9.31. The van der Waals surface area contributed by atoms with Gasteiger partial charge in [-0.25, -0.2) is 4.79 Å². The van der Waals surface area contributed by atoms with Crippen molar-refractivity contribution >= 4 is 17.4 Å². The number of hydrogen-bond acceptors (Lipinski definition) is 4. The molecule has 0 aliphatic rings. The summed E-state index contributed by atoms with van der Waals surface area (Å²) in [7, 11) is 0. The molecule has 0 radical (unpaired) electrons. The van der Waals surface area contributed by atoms with Crippen molar-refractivity contribution in [2.75, 3.05) is 6.54 Å². The molecule has 20 heavy (non-hydrogen) atoms. The van der Waals surface area contributed by atoms with E-state index in [9.17, 15) is 4.79 Å². The molecule has 1 rings (SSSR count). The molecule has 2 atom stereocenters. The molecule has 0 saturated carbocycles. The zero-order valence-electron chi connectivity index (χ0n) is 13.0. The molecule has 1 heterocycles. The van der Waals surface area contributed by atoms with Crippen molar-refractivity contribution in [3.8, 4) is 0 Å². The Morgan fingerprint density at radius 2 is 2.15 bits per heavy atom. The molecular weight excluding hydrogens is 272 g/mol. The normalized spacial score (nSPS) is 14.7. The Hall–Kier alpha value is -1.07. The van der Waals surface area contributed by atoms with Crippen molar-refractivity contribution in [2.24, 2.45) is 0 Å². The number of nitrogens with one attached hydrogen (secondary N) is 2. The highest BCUT2D eigenvalue weighted by Crippen LogP contribution is 2.18. The van der Waals surface area contributed by atoms with Crippen LogP contribution in [0.5, 0.6) is 0 Å². The Balaban J connectivity index is 2.38. The maximum absolute atomic E-state index is 11.6. The highest BCUT2D eigenvalue weighted by Gasteiger charge is 2.18. The lowest BCUT2D eigenvalue weighted by Crippen LogP contribution is -2.43. The number of carbonyl (C=O) groups excluding carboxylic acids is 1. The Morgan fingerprint density at radius 1 is 1.45 bits per heavy atom. The molecule has 1 aromatic heterocycles. The molecule has 1 amide bonds. The van der Waals surface area contributed by atoms with Gasteiger partial charge >= 0.3 is 6.09 Å². The summed E-state index contributed by atoms with van der Waals surface area (Å²) in [5.74, 6) is 0. The van der Waals surface area contributed by atoms with Gasteiger partial charge < -0.3 is 15.4 Å². The van der Waals surface area contributed by atoms with Gasteiger partial charge in [0.25, 0.3) is 0 Å². The van der Waals surface area contributed by atoms with Crippen LogP contribution >= 0.6 is 11.3 Å². The summed E-state index contributed by atoms with van der Waals surface area (Å²) < 4.78 is 5.23. The molecule has 0 saturated heterocycles. The predicted molar refractivity (Wildman–Crippen MR) is 84.2 cm³/mol. The van der Waals surface area contributed by atoms with Crippen molar-refractivity contribution in [2.45, 2.75) is 58.7 Å². The summed E-state index contributed by atoms with van der Waals surface area (Å²) in [6.45, 7) is 10.4. The van der Waals surface area contributed by atoms with Gasteiger partial charge in [-0.15, -0.1) is 11.3 Å². The van der Waals surface area contributed by atoms with Crippen LogP contribution in [0.15, 0.2) is 17.5 Å². The summed E-state index contributed by atoms with van der Waals surface area (Å²) in [6, 6.07) is 4.70. The average molecular weight is 298 g/mol. The first-order valence-corrected chi connectivity index (χ1v) is 7.96. The molecule has 2 N–H and O–H groups in total. The van der Waals surface area contributed by atoms with E-state index in [-0.39, 0.29) is 12.1 Å². The molecule has 4 nitrogen and oxygen atoms in total. The average Bonchev–Trinajstić information content (AvgIpc) is 2.85. The molecule has 0 bridgehead atoms. The van der Waals surface area contributed by atoms with E-state index < -0.39 is 5.60 Å². The standard InChI is InChI=1S/C15H26N2O2S/c1-6-12(10-16-14(18)19-15(3,4)5)17-11(2)13-8-7-9-20-13/h7-9,11-12,17H,6,10H2,1-5H3,(H,16,18). The first-order valence-electron chi connectivity index (χ1n) is 7.08. The van der Waals surface area contributed by atoms with Crippen LogP contribution in [0.3, 0.4) is 0 Å². The minimum Gasteiger partial charge on any atom is -0.444 e. The van der Waals surface area contributed by atoms with Crippen LogP contribution in [-0.4, -0.2) is 24.3 Å². The summed E-state index contributed by atoms with van der Waals surface area (Å²) in [5.41, 5.74) is -0.455. The lowest BCUT2D eigenvalue weighted by atomic mass is 10.1. The smallest absolute Gasteiger partial charge is 0.407 e. The van der Waals surface area contributed by atoms with Gasteiger partial charge in [0.15, 0.2) is 0 Å². The number of rotatable bonds is 6. The van der Waals surface area contributed by atoms with E-state index in [1.54, 1.807) is 11.3 Å². The third-order valence-corrected chi connectivity index (χ3v) is 3.90. The fourth-order valence-electron chi connectivity index (χ4n) is 1.82. The van der Waals surface area contributed by atoms with Crippen LogP contribution in [-0.2, 0) is 4.74 Å². The van der Waals surface area contributed by atoms with Crippen LogP contribution in [0.4, 0.5) is 4.79 Å². The van der Waals surface area contributed by atoms with Gasteiger partial charge in [0.05, 0.1) is 0 Å². The maximum Gasteiger partial charge on any atom is 0.407 e. The number of alkyl carbamates (subject to hydrolysis) is 1. The fourth-order valence-corrected chi connectivity index (χ4v) is 2.56. The van der Waals surface area contributed by atoms with Gasteiger partial charge in [0.2, 0.25) is 0 Å². The number of ether oxygens (including phenoxy) is 1. The second-order valence-corrected chi connectivity index (χ2v) is 6.87. The summed E-state index contributed by atoms with van der Waals surface area (Å²) in [5, 5.41) is 8.42. The summed E-state index contributed by atoms with van der Waals surface area (Å²) >= 11 is 1.74. The number of amides is 1. The van der Waals surface area contributed by atoms with Gasteiger partial charge in [-0.2, -0.15) is 0 Å². The second kappa shape index (κ2) is 7.64. The molecule has 0 spiro atoms. The van der Waals surface area contributed by atoms with Crippen molar-refractivity contribution in [1.82, 2.24) is 10.6 Å². The van der Waals surface area contributed by atoms with Gasteiger partial charge in [0, 0.05) is 23.5 Å². The lowest BCUT2D eigenvalue weighted by Gasteiger charge is -2.24. The Bertz CT molecular complexity index is 399. The quantitative estimate of drug-likeness (QED) is 0.842. The number of hydrogen-bond donors (Lipinski definition) is 2. The Kier molecular flexibility index (Phi) is 6.49. The molecule has 2 unspecified atom stereocenters. The zero-order valence-corrected chi connectivity index (χ0v) is 13.8. The van der Waals surface area contributed by atoms with E-state index in [1.165, 1.54) is 4.88 Å². The van der Waals surface area contributed by atoms with Crippen molar-refractivity contribution in [3.05, 3.63) is 22.4 Å². The third-order valence-electron chi connectivity index (χ3n) is 2.84. The van der Waals surface area contributed by atoms with Crippen LogP contribution in [0, 0.1) is 0 Å². The van der Waals surface area contributed by atoms with Crippen LogP contribution in [0.25, 0.3) is 0 Å². The second-order valence-electron chi connectivity index (χ2n) is 5.89. The van der Waals surface area contributed by atoms with Gasteiger partial charge in [-0.3, -0.25) is 0 Å². The van der Waals surface area contributed by atoms with E-state index in [4.69, 9.17) is 4.74 Å². The van der Waals surface area contributed by atoms with Crippen LogP contribution in [0.2, 0.25) is 0 Å². The number of thiophene rings is 1. The highest BCUT2D eigenvalue weighted by molar-refractivity contribution is 7.10. The van der Waals surface area contributed by atoms with Crippen molar-refractivity contribution < 1.29 is 9.53 Å². The van der Waals surface area contributed by atoms with Gasteiger partial charge in [-0.1, -0.05) is 13.0 Å². The van der Waals surface area contributed by atoms with E-state index >= 15 is 0 Å². The first kappa shape index (κ1) is 17.0. The minimum absolute atomic E-state index is 0.236. The molecular formula is C15H26N2O2S. The van der Waals surface area contributed by atoms with Crippen molar-refractivity contribution in [3.63, 3.8) is 0 Å². The largest absolute Gasteiger partial charge is 0.444 e. The predicted octanol–water partition coefficient (Wildman–Crippen LogP) is 3.70. The minimum atomic E-state index is -0.455. The topological polar surface area (TPSA) is 50.4 Å². The summed E-state index contributed by atoms with van der Waals surface area (Å²) in [6.07, 6.45) is 0.590. The fraction of sp³-hybridized carbons (Fsp3) is 0.667. The highest BCUT2D eigenvalue weighted by atomic mass is 32.1. The Labute approximate surface area is 125 Å². The van der Waals surface area contributed by atoms with Gasteiger partial charge in [0.1, 0.15) is 5.60 Å².